The maximum Gasteiger partial charge on any atom is 0.257 e. The molecule has 0 bridgehead atoms. The predicted octanol–water partition coefficient (Wildman–Crippen LogP) is 3.66. The van der Waals surface area contributed by atoms with E-state index < -0.39 is 0 Å². The Labute approximate surface area is 141 Å². The van der Waals surface area contributed by atoms with Crippen LogP contribution in [0.4, 0.5) is 0 Å². The van der Waals surface area contributed by atoms with E-state index in [1.807, 2.05) is 29.3 Å². The van der Waals surface area contributed by atoms with Crippen molar-refractivity contribution in [1.29, 1.82) is 0 Å². The fourth-order valence-corrected chi connectivity index (χ4v) is 3.73. The molecule has 4 nitrogen and oxygen atoms in total. The smallest absolute Gasteiger partial charge is 0.257 e. The average molecular weight is 319 g/mol. The maximum atomic E-state index is 13.0. The van der Waals surface area contributed by atoms with Crippen LogP contribution in [0.1, 0.15) is 40.2 Å². The third-order valence-electron chi connectivity index (χ3n) is 4.99. The van der Waals surface area contributed by atoms with Gasteiger partial charge in [-0.2, -0.15) is 5.10 Å². The van der Waals surface area contributed by atoms with E-state index in [9.17, 15) is 4.79 Å². The molecule has 1 amide bonds. The zero-order chi connectivity index (χ0) is 16.5. The highest BCUT2D eigenvalue weighted by atomic mass is 16.2. The van der Waals surface area contributed by atoms with E-state index in [-0.39, 0.29) is 5.91 Å². The number of hydrogen-bond donors (Lipinski definition) is 0. The normalized spacial score (nSPS) is 18.0. The Hall–Kier alpha value is -2.62. The fraction of sp³-hybridized carbons (Fsp3) is 0.300. The fourth-order valence-electron chi connectivity index (χ4n) is 3.73. The summed E-state index contributed by atoms with van der Waals surface area (Å²) in [5, 5.41) is 4.30. The number of benzene rings is 1. The van der Waals surface area contributed by atoms with Gasteiger partial charge in [0.2, 0.25) is 0 Å². The summed E-state index contributed by atoms with van der Waals surface area (Å²) in [6.45, 7) is 3.76. The maximum absolute atomic E-state index is 13.0. The molecule has 0 radical (unpaired) electrons. The summed E-state index contributed by atoms with van der Waals surface area (Å²) in [4.78, 5) is 15.0. The van der Waals surface area contributed by atoms with Crippen LogP contribution in [-0.2, 0) is 0 Å². The average Bonchev–Trinajstić information content (AvgIpc) is 3.06. The van der Waals surface area contributed by atoms with Crippen molar-refractivity contribution in [2.75, 3.05) is 13.1 Å². The zero-order valence-corrected chi connectivity index (χ0v) is 13.9. The molecule has 3 heterocycles. The van der Waals surface area contributed by atoms with Crippen molar-refractivity contribution in [3.05, 3.63) is 71.5 Å². The Balaban J connectivity index is 1.60. The second kappa shape index (κ2) is 6.11. The number of nitrogens with zero attached hydrogens (tertiary/aromatic N) is 3. The van der Waals surface area contributed by atoms with Crippen molar-refractivity contribution in [3.8, 4) is 0 Å². The Morgan fingerprint density at radius 2 is 2.00 bits per heavy atom. The Morgan fingerprint density at radius 3 is 2.88 bits per heavy atom. The second-order valence-electron chi connectivity index (χ2n) is 6.54. The summed E-state index contributed by atoms with van der Waals surface area (Å²) in [5.41, 5.74) is 4.25. The number of carbonyl (C=O) groups excluding carboxylic acids is 1. The largest absolute Gasteiger partial charge is 0.338 e. The molecule has 0 N–H and O–H groups in total. The number of pyridine rings is 1. The van der Waals surface area contributed by atoms with Crippen LogP contribution in [0, 0.1) is 6.92 Å². The number of aryl methyl sites for hydroxylation is 1. The van der Waals surface area contributed by atoms with Gasteiger partial charge in [0.25, 0.3) is 5.91 Å². The van der Waals surface area contributed by atoms with E-state index in [0.29, 0.717) is 11.5 Å². The number of likely N-dealkylation sites (tertiary alicyclic amines) is 1. The number of amides is 1. The van der Waals surface area contributed by atoms with Crippen LogP contribution in [0.15, 0.2) is 54.9 Å². The molecular weight excluding hydrogens is 298 g/mol. The molecule has 4 rings (SSSR count). The van der Waals surface area contributed by atoms with Crippen LogP contribution in [0.3, 0.4) is 0 Å². The molecule has 1 unspecified atom stereocenters. The van der Waals surface area contributed by atoms with Crippen LogP contribution in [0.2, 0.25) is 0 Å². The van der Waals surface area contributed by atoms with E-state index in [4.69, 9.17) is 0 Å². The molecule has 1 aliphatic heterocycles. The number of fused-ring (bicyclic) bond motifs is 1. The van der Waals surface area contributed by atoms with Crippen LogP contribution in [-0.4, -0.2) is 33.5 Å². The molecule has 3 aromatic rings. The lowest BCUT2D eigenvalue weighted by Crippen LogP contribution is -2.39. The summed E-state index contributed by atoms with van der Waals surface area (Å²) in [7, 11) is 0. The molecule has 0 spiro atoms. The van der Waals surface area contributed by atoms with E-state index >= 15 is 0 Å². The topological polar surface area (TPSA) is 37.6 Å². The number of aromatic nitrogens is 2. The van der Waals surface area contributed by atoms with Crippen LogP contribution < -0.4 is 0 Å². The Morgan fingerprint density at radius 1 is 1.17 bits per heavy atom. The Bertz CT molecular complexity index is 883. The highest BCUT2D eigenvalue weighted by Gasteiger charge is 2.27. The van der Waals surface area contributed by atoms with Crippen molar-refractivity contribution in [2.24, 2.45) is 0 Å². The number of hydrogen-bond acceptors (Lipinski definition) is 2. The second-order valence-corrected chi connectivity index (χ2v) is 6.54. The van der Waals surface area contributed by atoms with Crippen LogP contribution in [0.5, 0.6) is 0 Å². The molecule has 4 heteroatoms. The lowest BCUT2D eigenvalue weighted by molar-refractivity contribution is 0.0709. The van der Waals surface area contributed by atoms with Gasteiger partial charge >= 0.3 is 0 Å². The van der Waals surface area contributed by atoms with Gasteiger partial charge in [-0.05, 0) is 43.0 Å². The molecule has 1 aromatic carbocycles. The number of rotatable bonds is 2. The van der Waals surface area contributed by atoms with Gasteiger partial charge in [0.15, 0.2) is 0 Å². The highest BCUT2D eigenvalue weighted by Crippen LogP contribution is 2.30. The summed E-state index contributed by atoms with van der Waals surface area (Å²) in [6.07, 6.45) is 5.75. The van der Waals surface area contributed by atoms with Gasteiger partial charge < -0.3 is 4.90 Å². The molecule has 1 atom stereocenters. The molecule has 0 saturated carbocycles. The monoisotopic (exact) mass is 319 g/mol. The molecule has 122 valence electrons. The van der Waals surface area contributed by atoms with Crippen molar-refractivity contribution in [2.45, 2.75) is 25.7 Å². The predicted molar refractivity (Wildman–Crippen MR) is 94.2 cm³/mol. The minimum atomic E-state index is 0.0921. The van der Waals surface area contributed by atoms with E-state index in [1.165, 1.54) is 11.1 Å². The third-order valence-corrected chi connectivity index (χ3v) is 4.99. The van der Waals surface area contributed by atoms with E-state index in [1.54, 1.807) is 10.7 Å². The van der Waals surface area contributed by atoms with Crippen LogP contribution in [0.25, 0.3) is 5.52 Å². The summed E-state index contributed by atoms with van der Waals surface area (Å²) >= 11 is 0. The van der Waals surface area contributed by atoms with Gasteiger partial charge in [0, 0.05) is 25.2 Å². The first-order valence-electron chi connectivity index (χ1n) is 8.51. The summed E-state index contributed by atoms with van der Waals surface area (Å²) in [6, 6.07) is 14.3. The van der Waals surface area contributed by atoms with Crippen molar-refractivity contribution in [1.82, 2.24) is 14.5 Å². The standard InChI is InChI=1S/C20H21N3O/c1-15-7-2-3-9-17(15)16-8-6-11-22(14-16)20(24)18-13-21-23-12-5-4-10-19(18)23/h2-5,7,9-10,12-13,16H,6,8,11,14H2,1H3. The molecule has 1 saturated heterocycles. The zero-order valence-electron chi connectivity index (χ0n) is 13.9. The molecule has 0 aliphatic carbocycles. The number of carbonyl (C=O) groups is 1. The quantitative estimate of drug-likeness (QED) is 0.723. The summed E-state index contributed by atoms with van der Waals surface area (Å²) in [5.74, 6) is 0.514. The van der Waals surface area contributed by atoms with Gasteiger partial charge in [-0.3, -0.25) is 4.79 Å². The molecular formula is C20H21N3O. The van der Waals surface area contributed by atoms with Crippen molar-refractivity contribution < 1.29 is 4.79 Å². The van der Waals surface area contributed by atoms with Gasteiger partial charge in [-0.25, -0.2) is 4.52 Å². The SMILES string of the molecule is Cc1ccccc1C1CCCN(C(=O)c2cnn3ccccc23)C1. The molecule has 24 heavy (non-hydrogen) atoms. The first kappa shape index (κ1) is 14.9. The third kappa shape index (κ3) is 2.58. The van der Waals surface area contributed by atoms with E-state index in [0.717, 1.165) is 31.4 Å². The lowest BCUT2D eigenvalue weighted by atomic mass is 9.88. The van der Waals surface area contributed by atoms with Crippen molar-refractivity contribution in [3.63, 3.8) is 0 Å². The first-order chi connectivity index (χ1) is 11.7. The minimum Gasteiger partial charge on any atom is -0.338 e. The minimum absolute atomic E-state index is 0.0921. The van der Waals surface area contributed by atoms with Gasteiger partial charge in [0.1, 0.15) is 0 Å². The van der Waals surface area contributed by atoms with Gasteiger partial charge in [-0.1, -0.05) is 30.3 Å². The molecule has 2 aromatic heterocycles. The van der Waals surface area contributed by atoms with Crippen molar-refractivity contribution >= 4 is 11.4 Å². The molecule has 1 fully saturated rings. The molecule has 1 aliphatic rings. The van der Waals surface area contributed by atoms with Crippen LogP contribution >= 0.6 is 0 Å². The van der Waals surface area contributed by atoms with Gasteiger partial charge in [0.05, 0.1) is 17.3 Å². The highest BCUT2D eigenvalue weighted by molar-refractivity contribution is 6.00. The first-order valence-corrected chi connectivity index (χ1v) is 8.51. The van der Waals surface area contributed by atoms with Gasteiger partial charge in [-0.15, -0.1) is 0 Å². The number of piperidine rings is 1. The van der Waals surface area contributed by atoms with E-state index in [2.05, 4.69) is 36.3 Å². The summed E-state index contributed by atoms with van der Waals surface area (Å²) < 4.78 is 1.76. The Kier molecular flexibility index (Phi) is 3.81. The lowest BCUT2D eigenvalue weighted by Gasteiger charge is -2.33.